The molecule has 1 aromatic carbocycles. The molecule has 1 saturated heterocycles. The maximum absolute atomic E-state index is 12.3. The maximum atomic E-state index is 12.3. The third kappa shape index (κ3) is 6.66. The number of sulfonamides is 1. The summed E-state index contributed by atoms with van der Waals surface area (Å²) in [6.07, 6.45) is 6.13. The average Bonchev–Trinajstić information content (AvgIpc) is 2.64. The number of carbonyl (C=O) groups excluding carboxylic acids is 1. The van der Waals surface area contributed by atoms with Gasteiger partial charge in [0.25, 0.3) is 5.91 Å². The highest BCUT2D eigenvalue weighted by Crippen LogP contribution is 2.18. The van der Waals surface area contributed by atoms with Crippen molar-refractivity contribution >= 4 is 21.6 Å². The molecule has 1 fully saturated rings. The zero-order chi connectivity index (χ0) is 19.9. The lowest BCUT2D eigenvalue weighted by Gasteiger charge is -2.30. The number of piperidine rings is 1. The number of anilines is 1. The van der Waals surface area contributed by atoms with Gasteiger partial charge in [-0.3, -0.25) is 9.10 Å². The molecule has 1 aromatic rings. The van der Waals surface area contributed by atoms with Crippen LogP contribution in [0.1, 0.15) is 36.5 Å². The van der Waals surface area contributed by atoms with Crippen LogP contribution in [0.2, 0.25) is 0 Å². The zero-order valence-corrected chi connectivity index (χ0v) is 17.2. The maximum Gasteiger partial charge on any atom is 0.251 e. The van der Waals surface area contributed by atoms with Gasteiger partial charge in [-0.05, 0) is 69.1 Å². The fourth-order valence-corrected chi connectivity index (χ4v) is 4.10. The molecule has 0 saturated carbocycles. The normalized spacial score (nSPS) is 16.1. The van der Waals surface area contributed by atoms with E-state index in [-0.39, 0.29) is 12.5 Å². The van der Waals surface area contributed by atoms with Crippen molar-refractivity contribution < 1.29 is 13.2 Å². The number of likely N-dealkylation sites (tertiary alicyclic amines) is 1. The summed E-state index contributed by atoms with van der Waals surface area (Å²) in [6.45, 7) is 10.0. The van der Waals surface area contributed by atoms with E-state index in [9.17, 15) is 13.2 Å². The van der Waals surface area contributed by atoms with Crippen LogP contribution in [0.4, 0.5) is 5.69 Å². The van der Waals surface area contributed by atoms with Gasteiger partial charge in [-0.2, -0.15) is 0 Å². The van der Waals surface area contributed by atoms with Crippen molar-refractivity contribution in [1.29, 1.82) is 0 Å². The van der Waals surface area contributed by atoms with Crippen LogP contribution in [0.3, 0.4) is 0 Å². The van der Waals surface area contributed by atoms with Crippen LogP contribution < -0.4 is 9.62 Å². The average molecular weight is 394 g/mol. The van der Waals surface area contributed by atoms with Gasteiger partial charge in [0.2, 0.25) is 10.0 Å². The molecule has 0 radical (unpaired) electrons. The SMILES string of the molecule is C=CCN(c1ccc(C(=O)NCCCN2CCC(C)CC2)cc1)S(C)(=O)=O. The lowest BCUT2D eigenvalue weighted by Crippen LogP contribution is -2.35. The monoisotopic (exact) mass is 393 g/mol. The number of benzene rings is 1. The second-order valence-corrected chi connectivity index (χ2v) is 9.17. The summed E-state index contributed by atoms with van der Waals surface area (Å²) in [6, 6.07) is 6.60. The highest BCUT2D eigenvalue weighted by molar-refractivity contribution is 7.92. The minimum atomic E-state index is -3.39. The Bertz CT molecular complexity index is 723. The fraction of sp³-hybridized carbons (Fsp3) is 0.550. The minimum absolute atomic E-state index is 0.136. The van der Waals surface area contributed by atoms with Gasteiger partial charge in [0, 0.05) is 12.1 Å². The molecule has 27 heavy (non-hydrogen) atoms. The first-order valence-corrected chi connectivity index (χ1v) is 11.4. The van der Waals surface area contributed by atoms with Gasteiger partial charge in [0.05, 0.1) is 18.5 Å². The molecule has 1 aliphatic rings. The quantitative estimate of drug-likeness (QED) is 0.517. The smallest absolute Gasteiger partial charge is 0.251 e. The summed E-state index contributed by atoms with van der Waals surface area (Å²) < 4.78 is 25.0. The van der Waals surface area contributed by atoms with Crippen molar-refractivity contribution in [2.24, 2.45) is 5.92 Å². The van der Waals surface area contributed by atoms with E-state index in [1.54, 1.807) is 24.3 Å². The van der Waals surface area contributed by atoms with Gasteiger partial charge in [-0.25, -0.2) is 8.42 Å². The molecular formula is C20H31N3O3S. The molecular weight excluding hydrogens is 362 g/mol. The summed E-state index contributed by atoms with van der Waals surface area (Å²) >= 11 is 0. The van der Waals surface area contributed by atoms with Gasteiger partial charge < -0.3 is 10.2 Å². The van der Waals surface area contributed by atoms with Gasteiger partial charge in [0.1, 0.15) is 0 Å². The number of rotatable bonds is 9. The van der Waals surface area contributed by atoms with E-state index in [1.807, 2.05) is 0 Å². The molecule has 7 heteroatoms. The summed E-state index contributed by atoms with van der Waals surface area (Å²) in [5.41, 5.74) is 1.05. The van der Waals surface area contributed by atoms with E-state index in [0.29, 0.717) is 17.8 Å². The molecule has 0 bridgehead atoms. The van der Waals surface area contributed by atoms with E-state index in [2.05, 4.69) is 23.7 Å². The largest absolute Gasteiger partial charge is 0.352 e. The third-order valence-corrected chi connectivity index (χ3v) is 6.09. The van der Waals surface area contributed by atoms with Crippen LogP contribution in [0.25, 0.3) is 0 Å². The van der Waals surface area contributed by atoms with Gasteiger partial charge in [-0.1, -0.05) is 13.0 Å². The predicted octanol–water partition coefficient (Wildman–Crippen LogP) is 2.49. The first-order chi connectivity index (χ1) is 12.8. The Hall–Kier alpha value is -1.86. The predicted molar refractivity (Wildman–Crippen MR) is 111 cm³/mol. The van der Waals surface area contributed by atoms with Crippen LogP contribution in [0, 0.1) is 5.92 Å². The zero-order valence-electron chi connectivity index (χ0n) is 16.4. The second-order valence-electron chi connectivity index (χ2n) is 7.26. The summed E-state index contributed by atoms with van der Waals surface area (Å²) in [5, 5.41) is 2.94. The van der Waals surface area contributed by atoms with Gasteiger partial charge >= 0.3 is 0 Å². The van der Waals surface area contributed by atoms with E-state index in [0.717, 1.165) is 38.2 Å². The van der Waals surface area contributed by atoms with E-state index >= 15 is 0 Å². The fourth-order valence-electron chi connectivity index (χ4n) is 3.22. The van der Waals surface area contributed by atoms with E-state index in [1.165, 1.54) is 23.2 Å². The molecule has 0 spiro atoms. The van der Waals surface area contributed by atoms with Gasteiger partial charge in [0.15, 0.2) is 0 Å². The number of hydrogen-bond donors (Lipinski definition) is 1. The first kappa shape index (κ1) is 21.4. The molecule has 0 atom stereocenters. The molecule has 1 N–H and O–H groups in total. The molecule has 0 unspecified atom stereocenters. The van der Waals surface area contributed by atoms with Crippen molar-refractivity contribution in [3.05, 3.63) is 42.5 Å². The molecule has 6 nitrogen and oxygen atoms in total. The van der Waals surface area contributed by atoms with Crippen molar-refractivity contribution in [3.8, 4) is 0 Å². The van der Waals surface area contributed by atoms with Crippen molar-refractivity contribution in [1.82, 2.24) is 10.2 Å². The van der Waals surface area contributed by atoms with Crippen molar-refractivity contribution in [2.45, 2.75) is 26.2 Å². The molecule has 0 aliphatic carbocycles. The van der Waals surface area contributed by atoms with Crippen LogP contribution >= 0.6 is 0 Å². The third-order valence-electron chi connectivity index (χ3n) is 4.93. The topological polar surface area (TPSA) is 69.7 Å². The van der Waals surface area contributed by atoms with Crippen LogP contribution in [0.15, 0.2) is 36.9 Å². The molecule has 0 aromatic heterocycles. The van der Waals surface area contributed by atoms with Crippen LogP contribution in [-0.4, -0.2) is 58.2 Å². The Morgan fingerprint density at radius 1 is 1.30 bits per heavy atom. The highest BCUT2D eigenvalue weighted by atomic mass is 32.2. The summed E-state index contributed by atoms with van der Waals surface area (Å²) in [7, 11) is -3.39. The van der Waals surface area contributed by atoms with Gasteiger partial charge in [-0.15, -0.1) is 6.58 Å². The highest BCUT2D eigenvalue weighted by Gasteiger charge is 2.17. The minimum Gasteiger partial charge on any atom is -0.352 e. The number of carbonyl (C=O) groups is 1. The van der Waals surface area contributed by atoms with Crippen molar-refractivity contribution in [3.63, 3.8) is 0 Å². The number of nitrogens with one attached hydrogen (secondary N) is 1. The Balaban J connectivity index is 1.82. The molecule has 150 valence electrons. The van der Waals surface area contributed by atoms with Crippen LogP contribution in [0.5, 0.6) is 0 Å². The first-order valence-electron chi connectivity index (χ1n) is 9.50. The van der Waals surface area contributed by atoms with Crippen molar-refractivity contribution in [2.75, 3.05) is 43.3 Å². The Labute approximate surface area is 163 Å². The number of amides is 1. The summed E-state index contributed by atoms with van der Waals surface area (Å²) in [5.74, 6) is 0.692. The molecule has 2 rings (SSSR count). The molecule has 1 aliphatic heterocycles. The standard InChI is InChI=1S/C20H31N3O3S/c1-4-13-23(27(3,25)26)19-8-6-18(7-9-19)20(24)21-12-5-14-22-15-10-17(2)11-16-22/h4,6-9,17H,1,5,10-16H2,2-3H3,(H,21,24). The molecule has 1 amide bonds. The van der Waals surface area contributed by atoms with Crippen LogP contribution in [-0.2, 0) is 10.0 Å². The molecule has 1 heterocycles. The van der Waals surface area contributed by atoms with E-state index in [4.69, 9.17) is 0 Å². The lowest BCUT2D eigenvalue weighted by molar-refractivity contribution is 0.0950. The number of nitrogens with zero attached hydrogens (tertiary/aromatic N) is 2. The Kier molecular flexibility index (Phi) is 7.86. The number of hydrogen-bond acceptors (Lipinski definition) is 4. The van der Waals surface area contributed by atoms with E-state index < -0.39 is 10.0 Å². The second kappa shape index (κ2) is 9.90. The summed E-state index contributed by atoms with van der Waals surface area (Å²) in [4.78, 5) is 14.7. The Morgan fingerprint density at radius 3 is 2.48 bits per heavy atom. The Morgan fingerprint density at radius 2 is 1.93 bits per heavy atom. The lowest BCUT2D eigenvalue weighted by atomic mass is 9.99.